The molecule has 0 radical (unpaired) electrons. The molecule has 3 aromatic rings. The van der Waals surface area contributed by atoms with Crippen LogP contribution >= 0.6 is 11.6 Å². The maximum atomic E-state index is 12.2. The zero-order valence-electron chi connectivity index (χ0n) is 13.8. The molecule has 0 aliphatic heterocycles. The van der Waals surface area contributed by atoms with Gasteiger partial charge in [-0.15, -0.1) is 0 Å². The highest BCUT2D eigenvalue weighted by molar-refractivity contribution is 6.32. The molecule has 0 aliphatic carbocycles. The molecule has 0 fully saturated rings. The molecule has 0 bridgehead atoms. The monoisotopic (exact) mass is 367 g/mol. The standard InChI is InChI=1S/C20H14ClNO4/c1-13-2-4-14(5-3-13)15-6-9-17(10-7-15)26-20(23)16-8-11-18(21)19(12-16)22(24)25/h2-12H,1H3. The van der Waals surface area contributed by atoms with E-state index in [1.807, 2.05) is 43.3 Å². The molecule has 0 heterocycles. The van der Waals surface area contributed by atoms with Crippen LogP contribution in [0.4, 0.5) is 5.69 Å². The summed E-state index contributed by atoms with van der Waals surface area (Å²) < 4.78 is 5.28. The van der Waals surface area contributed by atoms with Gasteiger partial charge in [0.1, 0.15) is 10.8 Å². The fraction of sp³-hybridized carbons (Fsp3) is 0.0500. The van der Waals surface area contributed by atoms with Gasteiger partial charge >= 0.3 is 5.97 Å². The van der Waals surface area contributed by atoms with Crippen LogP contribution in [-0.2, 0) is 0 Å². The Bertz CT molecular complexity index is 966. The first-order valence-electron chi connectivity index (χ1n) is 7.77. The summed E-state index contributed by atoms with van der Waals surface area (Å²) in [5.74, 6) is -0.337. The van der Waals surface area contributed by atoms with E-state index in [-0.39, 0.29) is 16.3 Å². The number of halogens is 1. The van der Waals surface area contributed by atoms with Gasteiger partial charge in [0.2, 0.25) is 0 Å². The first-order chi connectivity index (χ1) is 12.4. The van der Waals surface area contributed by atoms with Gasteiger partial charge in [-0.25, -0.2) is 4.79 Å². The van der Waals surface area contributed by atoms with Crippen LogP contribution < -0.4 is 4.74 Å². The molecular weight excluding hydrogens is 354 g/mol. The third kappa shape index (κ3) is 3.90. The molecule has 3 aromatic carbocycles. The molecule has 0 aliphatic rings. The van der Waals surface area contributed by atoms with Crippen LogP contribution in [0.15, 0.2) is 66.7 Å². The lowest BCUT2D eigenvalue weighted by atomic mass is 10.0. The number of nitrogens with zero attached hydrogens (tertiary/aromatic N) is 1. The quantitative estimate of drug-likeness (QED) is 0.266. The fourth-order valence-corrected chi connectivity index (χ4v) is 2.59. The molecule has 3 rings (SSSR count). The van der Waals surface area contributed by atoms with Gasteiger partial charge in [0.05, 0.1) is 10.5 Å². The first-order valence-corrected chi connectivity index (χ1v) is 8.15. The van der Waals surface area contributed by atoms with Crippen LogP contribution in [0.5, 0.6) is 5.75 Å². The number of esters is 1. The lowest BCUT2D eigenvalue weighted by Gasteiger charge is -2.07. The summed E-state index contributed by atoms with van der Waals surface area (Å²) in [5.41, 5.74) is 2.95. The van der Waals surface area contributed by atoms with E-state index in [0.717, 1.165) is 17.2 Å². The second-order valence-electron chi connectivity index (χ2n) is 5.70. The number of carbonyl (C=O) groups is 1. The van der Waals surface area contributed by atoms with Crippen LogP contribution in [0.3, 0.4) is 0 Å². The molecule has 0 aromatic heterocycles. The zero-order valence-corrected chi connectivity index (χ0v) is 14.6. The van der Waals surface area contributed by atoms with Gasteiger partial charge < -0.3 is 4.74 Å². The summed E-state index contributed by atoms with van der Waals surface area (Å²) in [6, 6.07) is 18.9. The second-order valence-corrected chi connectivity index (χ2v) is 6.11. The van der Waals surface area contributed by atoms with E-state index in [2.05, 4.69) is 0 Å². The van der Waals surface area contributed by atoms with Crippen molar-refractivity contribution >= 4 is 23.3 Å². The lowest BCUT2D eigenvalue weighted by molar-refractivity contribution is -0.384. The lowest BCUT2D eigenvalue weighted by Crippen LogP contribution is -2.09. The van der Waals surface area contributed by atoms with Gasteiger partial charge in [-0.2, -0.15) is 0 Å². The van der Waals surface area contributed by atoms with Crippen molar-refractivity contribution in [1.29, 1.82) is 0 Å². The minimum absolute atomic E-state index is 0.0333. The summed E-state index contributed by atoms with van der Waals surface area (Å²) in [4.78, 5) is 22.5. The third-order valence-electron chi connectivity index (χ3n) is 3.83. The van der Waals surface area contributed by atoms with Crippen molar-refractivity contribution in [2.45, 2.75) is 6.92 Å². The first kappa shape index (κ1) is 17.6. The minimum Gasteiger partial charge on any atom is -0.423 e. The topological polar surface area (TPSA) is 69.4 Å². The summed E-state index contributed by atoms with van der Waals surface area (Å²) in [5, 5.41) is 10.9. The average molecular weight is 368 g/mol. The number of benzene rings is 3. The highest BCUT2D eigenvalue weighted by Gasteiger charge is 2.17. The minimum atomic E-state index is -0.687. The number of carbonyl (C=O) groups excluding carboxylic acids is 1. The zero-order chi connectivity index (χ0) is 18.7. The molecule has 0 spiro atoms. The van der Waals surface area contributed by atoms with Gasteiger partial charge in [-0.1, -0.05) is 53.6 Å². The maximum absolute atomic E-state index is 12.2. The molecule has 0 N–H and O–H groups in total. The number of nitro groups is 1. The van der Waals surface area contributed by atoms with E-state index in [1.165, 1.54) is 17.7 Å². The van der Waals surface area contributed by atoms with Gasteiger partial charge in [-0.05, 0) is 42.3 Å². The SMILES string of the molecule is Cc1ccc(-c2ccc(OC(=O)c3ccc(Cl)c([N+](=O)[O-])c3)cc2)cc1. The Morgan fingerprint density at radius 2 is 1.54 bits per heavy atom. The van der Waals surface area contributed by atoms with E-state index < -0.39 is 10.9 Å². The van der Waals surface area contributed by atoms with E-state index >= 15 is 0 Å². The van der Waals surface area contributed by atoms with Crippen molar-refractivity contribution in [2.24, 2.45) is 0 Å². The normalized spacial score (nSPS) is 10.4. The van der Waals surface area contributed by atoms with Crippen LogP contribution in [-0.4, -0.2) is 10.9 Å². The van der Waals surface area contributed by atoms with Gasteiger partial charge in [0, 0.05) is 6.07 Å². The molecule has 5 nitrogen and oxygen atoms in total. The van der Waals surface area contributed by atoms with Gasteiger partial charge in [-0.3, -0.25) is 10.1 Å². The Kier molecular flexibility index (Phi) is 5.00. The van der Waals surface area contributed by atoms with Crippen LogP contribution in [0.2, 0.25) is 5.02 Å². The summed E-state index contributed by atoms with van der Waals surface area (Å²) >= 11 is 5.75. The number of rotatable bonds is 4. The molecule has 6 heteroatoms. The maximum Gasteiger partial charge on any atom is 0.343 e. The van der Waals surface area contributed by atoms with Crippen molar-refractivity contribution in [3.63, 3.8) is 0 Å². The second kappa shape index (κ2) is 7.37. The molecule has 130 valence electrons. The van der Waals surface area contributed by atoms with Crippen LogP contribution in [0.25, 0.3) is 11.1 Å². The highest BCUT2D eigenvalue weighted by Crippen LogP contribution is 2.27. The third-order valence-corrected chi connectivity index (χ3v) is 4.15. The highest BCUT2D eigenvalue weighted by atomic mass is 35.5. The summed E-state index contributed by atoms with van der Waals surface area (Å²) in [7, 11) is 0. The van der Waals surface area contributed by atoms with E-state index in [9.17, 15) is 14.9 Å². The van der Waals surface area contributed by atoms with Crippen LogP contribution in [0, 0.1) is 17.0 Å². The molecule has 0 unspecified atom stereocenters. The van der Waals surface area contributed by atoms with Gasteiger partial charge in [0.15, 0.2) is 0 Å². The Balaban J connectivity index is 1.77. The molecule has 0 amide bonds. The summed E-state index contributed by atoms with van der Waals surface area (Å²) in [6.07, 6.45) is 0. The van der Waals surface area contributed by atoms with Gasteiger partial charge in [0.25, 0.3) is 5.69 Å². The Morgan fingerprint density at radius 3 is 2.12 bits per heavy atom. The Morgan fingerprint density at radius 1 is 0.962 bits per heavy atom. The van der Waals surface area contributed by atoms with E-state index in [0.29, 0.717) is 5.75 Å². The molecule has 0 saturated heterocycles. The molecule has 26 heavy (non-hydrogen) atoms. The predicted molar refractivity (Wildman–Crippen MR) is 99.7 cm³/mol. The predicted octanol–water partition coefficient (Wildman–Crippen LogP) is 5.44. The Labute approximate surface area is 155 Å². The number of hydrogen-bond donors (Lipinski definition) is 0. The fourth-order valence-electron chi connectivity index (χ4n) is 2.41. The van der Waals surface area contributed by atoms with E-state index in [1.54, 1.807) is 12.1 Å². The Hall–Kier alpha value is -3.18. The number of ether oxygens (including phenoxy) is 1. The number of aryl methyl sites for hydroxylation is 1. The van der Waals surface area contributed by atoms with E-state index in [4.69, 9.17) is 16.3 Å². The van der Waals surface area contributed by atoms with Crippen molar-refractivity contribution in [2.75, 3.05) is 0 Å². The van der Waals surface area contributed by atoms with Crippen LogP contribution in [0.1, 0.15) is 15.9 Å². The smallest absolute Gasteiger partial charge is 0.343 e. The van der Waals surface area contributed by atoms with Crippen molar-refractivity contribution in [3.05, 3.63) is 93.0 Å². The molecule has 0 atom stereocenters. The van der Waals surface area contributed by atoms with Crippen molar-refractivity contribution < 1.29 is 14.5 Å². The molecule has 0 saturated carbocycles. The van der Waals surface area contributed by atoms with Crippen molar-refractivity contribution in [1.82, 2.24) is 0 Å². The number of hydrogen-bond acceptors (Lipinski definition) is 4. The number of nitro benzene ring substituents is 1. The summed E-state index contributed by atoms with van der Waals surface area (Å²) in [6.45, 7) is 2.02. The van der Waals surface area contributed by atoms with Crippen molar-refractivity contribution in [3.8, 4) is 16.9 Å². The largest absolute Gasteiger partial charge is 0.423 e. The molecular formula is C20H14ClNO4. The average Bonchev–Trinajstić information content (AvgIpc) is 2.63.